The third-order valence-electron chi connectivity index (χ3n) is 4.89. The van der Waals surface area contributed by atoms with Crippen LogP contribution in [-0.2, 0) is 11.3 Å². The Morgan fingerprint density at radius 1 is 1.24 bits per heavy atom. The number of thiophene rings is 1. The monoisotopic (exact) mass is 427 g/mol. The Bertz CT molecular complexity index is 963. The van der Waals surface area contributed by atoms with Crippen molar-refractivity contribution < 1.29 is 9.53 Å². The summed E-state index contributed by atoms with van der Waals surface area (Å²) in [4.78, 5) is 20.6. The number of halogens is 1. The number of rotatable bonds is 6. The van der Waals surface area contributed by atoms with Crippen LogP contribution in [0.4, 0.5) is 5.69 Å². The highest BCUT2D eigenvalue weighted by atomic mass is 35.5. The second-order valence-electron chi connectivity index (χ2n) is 7.06. The lowest BCUT2D eigenvalue weighted by Crippen LogP contribution is -2.40. The first-order valence-electron chi connectivity index (χ1n) is 9.62. The first-order chi connectivity index (χ1) is 14.2. The number of pyridine rings is 1. The summed E-state index contributed by atoms with van der Waals surface area (Å²) < 4.78 is 6.70. The smallest absolute Gasteiger partial charge is 0.228 e. The Hall–Kier alpha value is -2.41. The number of benzene rings is 1. The fourth-order valence-electron chi connectivity index (χ4n) is 3.50. The van der Waals surface area contributed by atoms with E-state index >= 15 is 0 Å². The van der Waals surface area contributed by atoms with Crippen LogP contribution < -0.4 is 10.1 Å². The Morgan fingerprint density at radius 2 is 2.14 bits per heavy atom. The summed E-state index contributed by atoms with van der Waals surface area (Å²) in [6.45, 7) is 2.58. The molecular weight excluding hydrogens is 406 g/mol. The van der Waals surface area contributed by atoms with E-state index in [2.05, 4.69) is 21.3 Å². The zero-order valence-electron chi connectivity index (χ0n) is 15.9. The average Bonchev–Trinajstić information content (AvgIpc) is 3.15. The molecule has 7 heteroatoms. The predicted molar refractivity (Wildman–Crippen MR) is 117 cm³/mol. The van der Waals surface area contributed by atoms with Gasteiger partial charge in [-0.3, -0.25) is 14.7 Å². The Labute approximate surface area is 179 Å². The molecule has 0 aliphatic carbocycles. The summed E-state index contributed by atoms with van der Waals surface area (Å²) in [5.41, 5.74) is 0.670. The number of hydrogen-bond donors (Lipinski definition) is 1. The standard InChI is InChI=1S/C22H22ClN3O2S/c23-21-10-9-18(29-21)15-26-12-4-5-16(14-26)22(27)25-19-7-1-2-8-20(19)28-17-6-3-11-24-13-17/h1-3,6-11,13,16H,4-5,12,14-15H2,(H,25,27). The van der Waals surface area contributed by atoms with Crippen LogP contribution in [-0.4, -0.2) is 28.9 Å². The van der Waals surface area contributed by atoms with Crippen LogP contribution in [0.3, 0.4) is 0 Å². The number of carbonyl (C=O) groups excluding carboxylic acids is 1. The molecule has 0 radical (unpaired) electrons. The number of aromatic nitrogens is 1. The molecular formula is C22H22ClN3O2S. The lowest BCUT2D eigenvalue weighted by molar-refractivity contribution is -0.121. The van der Waals surface area contributed by atoms with E-state index in [9.17, 15) is 4.79 Å². The molecule has 0 saturated carbocycles. The summed E-state index contributed by atoms with van der Waals surface area (Å²) in [5.74, 6) is 1.22. The van der Waals surface area contributed by atoms with Crippen molar-refractivity contribution in [1.29, 1.82) is 0 Å². The fraction of sp³-hybridized carbons (Fsp3) is 0.273. The Kier molecular flexibility index (Phi) is 6.44. The molecule has 0 spiro atoms. The average molecular weight is 428 g/mol. The second kappa shape index (κ2) is 9.39. The first kappa shape index (κ1) is 19.9. The van der Waals surface area contributed by atoms with E-state index in [0.29, 0.717) is 17.2 Å². The second-order valence-corrected chi connectivity index (χ2v) is 8.86. The molecule has 1 amide bonds. The molecule has 0 bridgehead atoms. The topological polar surface area (TPSA) is 54.5 Å². The highest BCUT2D eigenvalue weighted by molar-refractivity contribution is 7.16. The fourth-order valence-corrected chi connectivity index (χ4v) is 4.63. The molecule has 4 rings (SSSR count). The molecule has 1 aliphatic rings. The van der Waals surface area contributed by atoms with E-state index in [-0.39, 0.29) is 11.8 Å². The molecule has 5 nitrogen and oxygen atoms in total. The Morgan fingerprint density at radius 3 is 2.93 bits per heavy atom. The van der Waals surface area contributed by atoms with Gasteiger partial charge in [0.05, 0.1) is 22.1 Å². The molecule has 1 saturated heterocycles. The van der Waals surface area contributed by atoms with E-state index in [4.69, 9.17) is 16.3 Å². The number of likely N-dealkylation sites (tertiary alicyclic amines) is 1. The van der Waals surface area contributed by atoms with Crippen LogP contribution >= 0.6 is 22.9 Å². The molecule has 29 heavy (non-hydrogen) atoms. The number of hydrogen-bond acceptors (Lipinski definition) is 5. The van der Waals surface area contributed by atoms with Gasteiger partial charge in [0.1, 0.15) is 5.75 Å². The molecule has 1 N–H and O–H groups in total. The van der Waals surface area contributed by atoms with Gasteiger partial charge in [0.2, 0.25) is 5.91 Å². The van der Waals surface area contributed by atoms with Gasteiger partial charge in [0.15, 0.2) is 5.75 Å². The Balaban J connectivity index is 1.40. The van der Waals surface area contributed by atoms with Crippen molar-refractivity contribution in [3.63, 3.8) is 0 Å². The van der Waals surface area contributed by atoms with Crippen LogP contribution in [0.15, 0.2) is 60.9 Å². The minimum atomic E-state index is -0.0503. The summed E-state index contributed by atoms with van der Waals surface area (Å²) >= 11 is 7.64. The van der Waals surface area contributed by atoms with Gasteiger partial charge >= 0.3 is 0 Å². The summed E-state index contributed by atoms with van der Waals surface area (Å²) in [7, 11) is 0. The van der Waals surface area contributed by atoms with Gasteiger partial charge in [-0.15, -0.1) is 11.3 Å². The van der Waals surface area contributed by atoms with Gasteiger partial charge in [0, 0.05) is 24.2 Å². The third kappa shape index (κ3) is 5.35. The SMILES string of the molecule is O=C(Nc1ccccc1Oc1cccnc1)C1CCCN(Cc2ccc(Cl)s2)C1. The van der Waals surface area contributed by atoms with Crippen molar-refractivity contribution in [2.24, 2.45) is 5.92 Å². The lowest BCUT2D eigenvalue weighted by atomic mass is 9.97. The van der Waals surface area contributed by atoms with Gasteiger partial charge in [-0.05, 0) is 55.8 Å². The van der Waals surface area contributed by atoms with Crippen LogP contribution in [0.5, 0.6) is 11.5 Å². The van der Waals surface area contributed by atoms with Crippen molar-refractivity contribution >= 4 is 34.5 Å². The maximum absolute atomic E-state index is 13.0. The predicted octanol–water partition coefficient (Wildman–Crippen LogP) is 5.44. The highest BCUT2D eigenvalue weighted by Crippen LogP contribution is 2.30. The van der Waals surface area contributed by atoms with Crippen molar-refractivity contribution in [3.8, 4) is 11.5 Å². The van der Waals surface area contributed by atoms with Crippen LogP contribution in [0, 0.1) is 5.92 Å². The zero-order valence-corrected chi connectivity index (χ0v) is 17.5. The van der Waals surface area contributed by atoms with E-state index in [1.807, 2.05) is 42.5 Å². The van der Waals surface area contributed by atoms with Gasteiger partial charge < -0.3 is 10.1 Å². The molecule has 150 valence electrons. The molecule has 1 atom stereocenters. The number of carbonyl (C=O) groups is 1. The van der Waals surface area contributed by atoms with Crippen LogP contribution in [0.1, 0.15) is 17.7 Å². The number of ether oxygens (including phenoxy) is 1. The van der Waals surface area contributed by atoms with Gasteiger partial charge in [-0.1, -0.05) is 23.7 Å². The van der Waals surface area contributed by atoms with Crippen LogP contribution in [0.2, 0.25) is 4.34 Å². The minimum absolute atomic E-state index is 0.0288. The maximum Gasteiger partial charge on any atom is 0.228 e. The number of nitrogens with one attached hydrogen (secondary N) is 1. The van der Waals surface area contributed by atoms with E-state index in [0.717, 1.165) is 36.8 Å². The number of nitrogens with zero attached hydrogens (tertiary/aromatic N) is 2. The molecule has 1 aromatic carbocycles. The normalized spacial score (nSPS) is 17.1. The van der Waals surface area contributed by atoms with E-state index < -0.39 is 0 Å². The summed E-state index contributed by atoms with van der Waals surface area (Å²) in [6, 6.07) is 15.1. The number of amides is 1. The van der Waals surface area contributed by atoms with Crippen LogP contribution in [0.25, 0.3) is 0 Å². The zero-order chi connectivity index (χ0) is 20.1. The van der Waals surface area contributed by atoms with E-state index in [1.54, 1.807) is 23.7 Å². The summed E-state index contributed by atoms with van der Waals surface area (Å²) in [5, 5.41) is 3.06. The van der Waals surface area contributed by atoms with Gasteiger partial charge in [-0.2, -0.15) is 0 Å². The van der Waals surface area contributed by atoms with Gasteiger partial charge in [-0.25, -0.2) is 0 Å². The molecule has 3 heterocycles. The highest BCUT2D eigenvalue weighted by Gasteiger charge is 2.26. The lowest BCUT2D eigenvalue weighted by Gasteiger charge is -2.31. The maximum atomic E-state index is 13.0. The largest absolute Gasteiger partial charge is 0.454 e. The van der Waals surface area contributed by atoms with Crippen molar-refractivity contribution in [1.82, 2.24) is 9.88 Å². The molecule has 1 fully saturated rings. The first-order valence-corrected chi connectivity index (χ1v) is 10.8. The molecule has 2 aromatic heterocycles. The van der Waals surface area contributed by atoms with E-state index in [1.165, 1.54) is 4.88 Å². The quantitative estimate of drug-likeness (QED) is 0.569. The minimum Gasteiger partial charge on any atom is -0.454 e. The molecule has 1 aliphatic heterocycles. The van der Waals surface area contributed by atoms with Crippen molar-refractivity contribution in [2.75, 3.05) is 18.4 Å². The van der Waals surface area contributed by atoms with Crippen molar-refractivity contribution in [3.05, 3.63) is 70.1 Å². The number of piperidine rings is 1. The third-order valence-corrected chi connectivity index (χ3v) is 6.11. The molecule has 1 unspecified atom stereocenters. The summed E-state index contributed by atoms with van der Waals surface area (Å²) in [6.07, 6.45) is 5.23. The number of para-hydroxylation sites is 2. The number of anilines is 1. The van der Waals surface area contributed by atoms with Crippen molar-refractivity contribution in [2.45, 2.75) is 19.4 Å². The van der Waals surface area contributed by atoms with Gasteiger partial charge in [0.25, 0.3) is 0 Å². The molecule has 3 aromatic rings.